The summed E-state index contributed by atoms with van der Waals surface area (Å²) in [6, 6.07) is 0.212. The molecule has 1 aliphatic carbocycles. The van der Waals surface area contributed by atoms with Gasteiger partial charge in [-0.1, -0.05) is 0 Å². The minimum Gasteiger partial charge on any atom is -0.351 e. The highest BCUT2D eigenvalue weighted by atomic mass is 16.6. The van der Waals surface area contributed by atoms with Gasteiger partial charge in [0.15, 0.2) is 0 Å². The largest absolute Gasteiger partial charge is 0.351 e. The van der Waals surface area contributed by atoms with E-state index in [1.54, 1.807) is 7.05 Å². The Balaban J connectivity index is 2.35. The number of hydrogen-bond donors (Lipinski definition) is 2. The van der Waals surface area contributed by atoms with Crippen LogP contribution < -0.4 is 16.2 Å². The summed E-state index contributed by atoms with van der Waals surface area (Å²) in [5.41, 5.74) is 2.19. The second-order valence-electron chi connectivity index (χ2n) is 4.49. The normalized spacial score (nSPS) is 16.2. The molecule has 1 fully saturated rings. The van der Waals surface area contributed by atoms with Crippen LogP contribution in [0.4, 0.5) is 17.5 Å². The fraction of sp³-hybridized carbons (Fsp3) is 0.600. The molecule has 1 saturated carbocycles. The van der Waals surface area contributed by atoms with Crippen molar-refractivity contribution >= 4 is 17.5 Å². The number of nitrogens with one attached hydrogen (secondary N) is 1. The molecule has 0 spiro atoms. The molecule has 98 valence electrons. The van der Waals surface area contributed by atoms with Crippen LogP contribution in [-0.4, -0.2) is 28.0 Å². The number of nitrogens with two attached hydrogens (primary N) is 1. The van der Waals surface area contributed by atoms with Gasteiger partial charge in [0.1, 0.15) is 6.20 Å². The number of aromatic nitrogens is 2. The lowest BCUT2D eigenvalue weighted by molar-refractivity contribution is -0.384. The Labute approximate surface area is 104 Å². The van der Waals surface area contributed by atoms with Crippen LogP contribution in [0, 0.1) is 16.0 Å². The van der Waals surface area contributed by atoms with Crippen molar-refractivity contribution < 1.29 is 4.92 Å². The quantitative estimate of drug-likeness (QED) is 0.455. The van der Waals surface area contributed by atoms with Crippen LogP contribution in [0.2, 0.25) is 0 Å². The molecule has 0 radical (unpaired) electrons. The van der Waals surface area contributed by atoms with Crippen LogP contribution in [0.15, 0.2) is 6.20 Å². The zero-order valence-electron chi connectivity index (χ0n) is 10.3. The van der Waals surface area contributed by atoms with E-state index in [1.165, 1.54) is 6.20 Å². The molecule has 18 heavy (non-hydrogen) atoms. The molecule has 2 rings (SSSR count). The summed E-state index contributed by atoms with van der Waals surface area (Å²) >= 11 is 0. The Morgan fingerprint density at radius 1 is 1.67 bits per heavy atom. The van der Waals surface area contributed by atoms with Gasteiger partial charge in [-0.2, -0.15) is 4.98 Å². The van der Waals surface area contributed by atoms with E-state index in [9.17, 15) is 10.1 Å². The standard InChI is InChI=1S/C10H16N6O2/c1-6(7-3-4-7)15(2)9-8(16(17)18)5-12-10(13-9)14-11/h5-7H,3-4,11H2,1-2H3,(H,12,13,14). The number of nitro groups is 1. The summed E-state index contributed by atoms with van der Waals surface area (Å²) < 4.78 is 0. The first-order valence-corrected chi connectivity index (χ1v) is 5.75. The smallest absolute Gasteiger partial charge is 0.329 e. The van der Waals surface area contributed by atoms with Crippen molar-refractivity contribution in [3.63, 3.8) is 0 Å². The zero-order chi connectivity index (χ0) is 13.3. The summed E-state index contributed by atoms with van der Waals surface area (Å²) in [6.07, 6.45) is 3.49. The molecule has 1 unspecified atom stereocenters. The van der Waals surface area contributed by atoms with Crippen LogP contribution in [0.25, 0.3) is 0 Å². The molecule has 8 heteroatoms. The van der Waals surface area contributed by atoms with E-state index in [2.05, 4.69) is 15.4 Å². The Bertz CT molecular complexity index is 462. The summed E-state index contributed by atoms with van der Waals surface area (Å²) in [6.45, 7) is 2.04. The molecule has 1 aromatic rings. The molecular formula is C10H16N6O2. The molecule has 1 aliphatic rings. The van der Waals surface area contributed by atoms with Crippen LogP contribution in [0.1, 0.15) is 19.8 Å². The van der Waals surface area contributed by atoms with Crippen molar-refractivity contribution in [1.82, 2.24) is 9.97 Å². The lowest BCUT2D eigenvalue weighted by Crippen LogP contribution is -2.32. The first kappa shape index (κ1) is 12.5. The minimum absolute atomic E-state index is 0.107. The van der Waals surface area contributed by atoms with Gasteiger partial charge >= 0.3 is 5.69 Å². The molecule has 0 aliphatic heterocycles. The molecular weight excluding hydrogens is 236 g/mol. The van der Waals surface area contributed by atoms with Crippen LogP contribution in [-0.2, 0) is 0 Å². The molecule has 3 N–H and O–H groups in total. The van der Waals surface area contributed by atoms with E-state index < -0.39 is 4.92 Å². The number of nitrogens with zero attached hydrogens (tertiary/aromatic N) is 4. The van der Waals surface area contributed by atoms with Crippen LogP contribution in [0.3, 0.4) is 0 Å². The van der Waals surface area contributed by atoms with Gasteiger partial charge < -0.3 is 4.90 Å². The van der Waals surface area contributed by atoms with Crippen molar-refractivity contribution in [2.45, 2.75) is 25.8 Å². The van der Waals surface area contributed by atoms with Crippen molar-refractivity contribution in [2.75, 3.05) is 17.4 Å². The summed E-state index contributed by atoms with van der Waals surface area (Å²) in [5, 5.41) is 11.0. The number of hydrazine groups is 1. The van der Waals surface area contributed by atoms with Gasteiger partial charge in [-0.05, 0) is 25.7 Å². The van der Waals surface area contributed by atoms with Gasteiger partial charge in [0.25, 0.3) is 0 Å². The highest BCUT2D eigenvalue weighted by Gasteiger charge is 2.33. The highest BCUT2D eigenvalue weighted by molar-refractivity contribution is 5.59. The molecule has 0 aromatic carbocycles. The third kappa shape index (κ3) is 2.33. The third-order valence-electron chi connectivity index (χ3n) is 3.33. The minimum atomic E-state index is -0.480. The Morgan fingerprint density at radius 3 is 2.83 bits per heavy atom. The number of hydrogen-bond acceptors (Lipinski definition) is 7. The molecule has 0 bridgehead atoms. The summed E-state index contributed by atoms with van der Waals surface area (Å²) in [5.74, 6) is 6.28. The first-order chi connectivity index (χ1) is 8.54. The molecule has 1 heterocycles. The van der Waals surface area contributed by atoms with Gasteiger partial charge in [0.05, 0.1) is 4.92 Å². The topological polar surface area (TPSA) is 110 Å². The average Bonchev–Trinajstić information content (AvgIpc) is 3.20. The van der Waals surface area contributed by atoms with Gasteiger partial charge in [-0.25, -0.2) is 10.8 Å². The fourth-order valence-electron chi connectivity index (χ4n) is 1.91. The SMILES string of the molecule is CC(C1CC1)N(C)c1nc(NN)ncc1[N+](=O)[O-]. The molecule has 0 amide bonds. The van der Waals surface area contributed by atoms with Crippen molar-refractivity contribution in [3.8, 4) is 0 Å². The Kier molecular flexibility index (Phi) is 3.28. The second kappa shape index (κ2) is 4.73. The van der Waals surface area contributed by atoms with E-state index in [-0.39, 0.29) is 17.7 Å². The van der Waals surface area contributed by atoms with Crippen molar-refractivity contribution in [3.05, 3.63) is 16.3 Å². The first-order valence-electron chi connectivity index (χ1n) is 5.75. The Morgan fingerprint density at radius 2 is 2.33 bits per heavy atom. The predicted octanol–water partition coefficient (Wildman–Crippen LogP) is 0.905. The maximum absolute atomic E-state index is 11.0. The lowest BCUT2D eigenvalue weighted by Gasteiger charge is -2.25. The fourth-order valence-corrected chi connectivity index (χ4v) is 1.91. The van der Waals surface area contributed by atoms with Crippen LogP contribution >= 0.6 is 0 Å². The van der Waals surface area contributed by atoms with E-state index in [4.69, 9.17) is 5.84 Å². The number of rotatable bonds is 5. The van der Waals surface area contributed by atoms with Crippen molar-refractivity contribution in [1.29, 1.82) is 0 Å². The number of anilines is 2. The molecule has 1 aromatic heterocycles. The summed E-state index contributed by atoms with van der Waals surface area (Å²) in [7, 11) is 1.80. The lowest BCUT2D eigenvalue weighted by atomic mass is 10.2. The maximum Gasteiger partial charge on any atom is 0.329 e. The van der Waals surface area contributed by atoms with E-state index in [0.29, 0.717) is 11.7 Å². The summed E-state index contributed by atoms with van der Waals surface area (Å²) in [4.78, 5) is 20.2. The third-order valence-corrected chi connectivity index (χ3v) is 3.33. The number of nitrogen functional groups attached to an aromatic ring is 1. The highest BCUT2D eigenvalue weighted by Crippen LogP contribution is 2.37. The van der Waals surface area contributed by atoms with Gasteiger partial charge in [-0.3, -0.25) is 15.5 Å². The van der Waals surface area contributed by atoms with Gasteiger partial charge in [-0.15, -0.1) is 0 Å². The van der Waals surface area contributed by atoms with Crippen LogP contribution in [0.5, 0.6) is 0 Å². The molecule has 1 atom stereocenters. The average molecular weight is 252 g/mol. The monoisotopic (exact) mass is 252 g/mol. The zero-order valence-corrected chi connectivity index (χ0v) is 10.3. The van der Waals surface area contributed by atoms with E-state index >= 15 is 0 Å². The second-order valence-corrected chi connectivity index (χ2v) is 4.49. The van der Waals surface area contributed by atoms with Gasteiger partial charge in [0.2, 0.25) is 11.8 Å². The Hall–Kier alpha value is -1.96. The van der Waals surface area contributed by atoms with E-state index in [1.807, 2.05) is 11.8 Å². The van der Waals surface area contributed by atoms with Crippen molar-refractivity contribution in [2.24, 2.45) is 11.8 Å². The van der Waals surface area contributed by atoms with Gasteiger partial charge in [0, 0.05) is 13.1 Å². The molecule has 0 saturated heterocycles. The molecule has 8 nitrogen and oxygen atoms in total. The van der Waals surface area contributed by atoms with E-state index in [0.717, 1.165) is 12.8 Å². The maximum atomic E-state index is 11.0. The predicted molar refractivity (Wildman–Crippen MR) is 67.1 cm³/mol.